The highest BCUT2D eigenvalue weighted by Gasteiger charge is 2.19. The van der Waals surface area contributed by atoms with Crippen LogP contribution >= 0.6 is 0 Å². The summed E-state index contributed by atoms with van der Waals surface area (Å²) in [6.45, 7) is 4.62. The third-order valence-corrected chi connectivity index (χ3v) is 6.39. The van der Waals surface area contributed by atoms with E-state index in [2.05, 4.69) is 67.8 Å². The Bertz CT molecular complexity index is 773. The van der Waals surface area contributed by atoms with E-state index >= 15 is 0 Å². The summed E-state index contributed by atoms with van der Waals surface area (Å²) in [4.78, 5) is 35.6. The van der Waals surface area contributed by atoms with Crippen LogP contribution in [0.4, 0.5) is 0 Å². The molecule has 7 nitrogen and oxygen atoms in total. The Kier molecular flexibility index (Phi) is 26.0. The second-order valence-electron chi connectivity index (χ2n) is 10.1. The Labute approximate surface area is 243 Å². The fourth-order valence-corrected chi connectivity index (χ4v) is 4.14. The van der Waals surface area contributed by atoms with Gasteiger partial charge in [-0.3, -0.25) is 9.59 Å². The van der Waals surface area contributed by atoms with Crippen LogP contribution in [0.25, 0.3) is 0 Å². The van der Waals surface area contributed by atoms with Crippen molar-refractivity contribution in [2.75, 3.05) is 6.54 Å². The zero-order chi connectivity index (χ0) is 29.7. The average Bonchev–Trinajstić information content (AvgIpc) is 2.92. The number of unbranched alkanes of at least 4 members (excludes halogenated alkanes) is 4. The highest BCUT2D eigenvalue weighted by Crippen LogP contribution is 2.15. The number of ether oxygens (including phenoxy) is 1. The van der Waals surface area contributed by atoms with Gasteiger partial charge in [-0.05, 0) is 90.0 Å². The molecular weight excluding hydrogens is 504 g/mol. The van der Waals surface area contributed by atoms with Gasteiger partial charge in [0.2, 0.25) is 5.91 Å². The van der Waals surface area contributed by atoms with Crippen molar-refractivity contribution in [2.24, 2.45) is 5.73 Å². The van der Waals surface area contributed by atoms with Crippen molar-refractivity contribution < 1.29 is 24.2 Å². The van der Waals surface area contributed by atoms with Crippen LogP contribution in [0.5, 0.6) is 0 Å². The first-order valence-corrected chi connectivity index (χ1v) is 15.5. The summed E-state index contributed by atoms with van der Waals surface area (Å²) < 4.78 is 5.72. The first-order valence-electron chi connectivity index (χ1n) is 15.5. The number of amides is 1. The summed E-state index contributed by atoms with van der Waals surface area (Å²) in [6.07, 6.45) is 30.8. The van der Waals surface area contributed by atoms with E-state index in [-0.39, 0.29) is 18.0 Å². The van der Waals surface area contributed by atoms with E-state index in [1.165, 1.54) is 0 Å². The quantitative estimate of drug-likeness (QED) is 0.0579. The summed E-state index contributed by atoms with van der Waals surface area (Å²) in [5, 5.41) is 11.8. The third-order valence-electron chi connectivity index (χ3n) is 6.39. The molecule has 2 atom stereocenters. The van der Waals surface area contributed by atoms with Gasteiger partial charge in [0.25, 0.3) is 0 Å². The Morgan fingerprint density at radius 3 is 1.98 bits per heavy atom. The van der Waals surface area contributed by atoms with E-state index < -0.39 is 12.0 Å². The van der Waals surface area contributed by atoms with Crippen LogP contribution in [-0.2, 0) is 19.1 Å². The highest BCUT2D eigenvalue weighted by atomic mass is 16.5. The smallest absolute Gasteiger partial charge is 0.326 e. The first-order chi connectivity index (χ1) is 19.4. The van der Waals surface area contributed by atoms with Crippen molar-refractivity contribution >= 4 is 17.8 Å². The fraction of sp³-hybridized carbons (Fsp3) is 0.667. The molecule has 0 rings (SSSR count). The van der Waals surface area contributed by atoms with E-state index in [0.717, 1.165) is 77.0 Å². The Morgan fingerprint density at radius 2 is 1.38 bits per heavy atom. The highest BCUT2D eigenvalue weighted by molar-refractivity contribution is 5.83. The monoisotopic (exact) mass is 560 g/mol. The fourth-order valence-electron chi connectivity index (χ4n) is 4.14. The second-order valence-corrected chi connectivity index (χ2v) is 10.1. The minimum Gasteiger partial charge on any atom is -0.480 e. The van der Waals surface area contributed by atoms with Crippen molar-refractivity contribution in [3.8, 4) is 0 Å². The van der Waals surface area contributed by atoms with Crippen LogP contribution < -0.4 is 11.1 Å². The SMILES string of the molecule is CC/C=C\C/C=C\C/C=C\C/C=C\CCCCC(=O)OC(CCC)CCCCCC(=O)NC(CCCN)C(=O)O. The molecule has 228 valence electrons. The van der Waals surface area contributed by atoms with Crippen molar-refractivity contribution in [1.29, 1.82) is 0 Å². The van der Waals surface area contributed by atoms with Gasteiger partial charge in [0.05, 0.1) is 0 Å². The van der Waals surface area contributed by atoms with Crippen molar-refractivity contribution in [1.82, 2.24) is 5.32 Å². The lowest BCUT2D eigenvalue weighted by Crippen LogP contribution is -2.40. The van der Waals surface area contributed by atoms with Crippen LogP contribution in [0.3, 0.4) is 0 Å². The van der Waals surface area contributed by atoms with Crippen LogP contribution in [0.2, 0.25) is 0 Å². The van der Waals surface area contributed by atoms with Gasteiger partial charge in [-0.1, -0.05) is 75.3 Å². The summed E-state index contributed by atoms with van der Waals surface area (Å²) in [7, 11) is 0. The molecule has 0 heterocycles. The Balaban J connectivity index is 3.97. The zero-order valence-corrected chi connectivity index (χ0v) is 25.2. The molecule has 0 aliphatic rings. The minimum atomic E-state index is -1.03. The normalized spacial score (nSPS) is 13.5. The van der Waals surface area contributed by atoms with Crippen molar-refractivity contribution in [3.63, 3.8) is 0 Å². The molecule has 7 heteroatoms. The maximum Gasteiger partial charge on any atom is 0.326 e. The van der Waals surface area contributed by atoms with E-state index in [4.69, 9.17) is 10.5 Å². The topological polar surface area (TPSA) is 119 Å². The molecule has 0 aromatic carbocycles. The maximum absolute atomic E-state index is 12.3. The number of hydrogen-bond donors (Lipinski definition) is 3. The molecule has 4 N–H and O–H groups in total. The predicted octanol–water partition coefficient (Wildman–Crippen LogP) is 7.32. The van der Waals surface area contributed by atoms with Gasteiger partial charge in [0.1, 0.15) is 12.1 Å². The second kappa shape index (κ2) is 27.9. The number of carboxylic acids is 1. The molecule has 0 bridgehead atoms. The number of carbonyl (C=O) groups is 3. The molecule has 0 aliphatic heterocycles. The van der Waals surface area contributed by atoms with Crippen molar-refractivity contribution in [3.05, 3.63) is 48.6 Å². The number of aliphatic carboxylic acids is 1. The molecule has 0 spiro atoms. The average molecular weight is 561 g/mol. The number of nitrogens with one attached hydrogen (secondary N) is 1. The molecular formula is C33H56N2O5. The van der Waals surface area contributed by atoms with E-state index in [1.807, 2.05) is 0 Å². The lowest BCUT2D eigenvalue weighted by Gasteiger charge is -2.17. The molecule has 2 unspecified atom stereocenters. The van der Waals surface area contributed by atoms with Gasteiger partial charge >= 0.3 is 11.9 Å². The van der Waals surface area contributed by atoms with Gasteiger partial charge < -0.3 is 20.9 Å². The lowest BCUT2D eigenvalue weighted by atomic mass is 10.0. The molecule has 0 aliphatic carbocycles. The number of nitrogens with two attached hydrogens (primary N) is 1. The maximum atomic E-state index is 12.3. The molecule has 1 amide bonds. The van der Waals surface area contributed by atoms with Crippen LogP contribution in [-0.4, -0.2) is 41.6 Å². The van der Waals surface area contributed by atoms with Gasteiger partial charge in [0.15, 0.2) is 0 Å². The van der Waals surface area contributed by atoms with Crippen molar-refractivity contribution in [2.45, 2.75) is 135 Å². The largest absolute Gasteiger partial charge is 0.480 e. The Hall–Kier alpha value is -2.67. The molecule has 40 heavy (non-hydrogen) atoms. The molecule has 0 saturated carbocycles. The van der Waals surface area contributed by atoms with Gasteiger partial charge in [-0.15, -0.1) is 0 Å². The lowest BCUT2D eigenvalue weighted by molar-refractivity contribution is -0.150. The number of hydrogen-bond acceptors (Lipinski definition) is 5. The number of allylic oxidation sites excluding steroid dienone is 8. The van der Waals surface area contributed by atoms with Crippen LogP contribution in [0.1, 0.15) is 123 Å². The van der Waals surface area contributed by atoms with Gasteiger partial charge in [0, 0.05) is 12.8 Å². The van der Waals surface area contributed by atoms with E-state index in [0.29, 0.717) is 38.6 Å². The predicted molar refractivity (Wildman–Crippen MR) is 165 cm³/mol. The number of esters is 1. The van der Waals surface area contributed by atoms with Gasteiger partial charge in [-0.2, -0.15) is 0 Å². The summed E-state index contributed by atoms with van der Waals surface area (Å²) in [5.41, 5.74) is 5.43. The number of carbonyl (C=O) groups excluding carboxylic acids is 2. The first kappa shape index (κ1) is 37.3. The third kappa shape index (κ3) is 24.4. The standard InChI is InChI=1S/C33H56N2O5/c1-3-5-6-7-8-9-10-11-12-13-14-15-16-17-21-27-32(37)40-29(23-4-2)24-19-18-20-26-31(36)35-30(33(38)39)25-22-28-34/h5-6,8-9,11-12,14-15,29-30H,3-4,7,10,13,16-28,34H2,1-2H3,(H,35,36)(H,38,39)/b6-5-,9-8-,12-11-,15-14-. The zero-order valence-electron chi connectivity index (χ0n) is 25.2. The number of carboxylic acid groups (broad SMARTS) is 1. The number of rotatable bonds is 26. The van der Waals surface area contributed by atoms with Gasteiger partial charge in [-0.25, -0.2) is 4.79 Å². The summed E-state index contributed by atoms with van der Waals surface area (Å²) in [5.74, 6) is -1.40. The molecule has 0 aromatic heterocycles. The minimum absolute atomic E-state index is 0.0756. The van der Waals surface area contributed by atoms with E-state index in [9.17, 15) is 19.5 Å². The molecule has 0 fully saturated rings. The molecule has 0 radical (unpaired) electrons. The Morgan fingerprint density at radius 1 is 0.750 bits per heavy atom. The van der Waals surface area contributed by atoms with Crippen LogP contribution in [0, 0.1) is 0 Å². The summed E-state index contributed by atoms with van der Waals surface area (Å²) in [6, 6.07) is -0.877. The molecule has 0 saturated heterocycles. The van der Waals surface area contributed by atoms with Crippen LogP contribution in [0.15, 0.2) is 48.6 Å². The summed E-state index contributed by atoms with van der Waals surface area (Å²) >= 11 is 0. The van der Waals surface area contributed by atoms with E-state index in [1.54, 1.807) is 0 Å². The molecule has 0 aromatic rings.